The number of amides is 2. The molecular formula is C15H19IN2O3. The molecule has 1 aliphatic carbocycles. The number of nitrogens with zero attached hydrogens (tertiary/aromatic N) is 1. The molecule has 0 radical (unpaired) electrons. The lowest BCUT2D eigenvalue weighted by Gasteiger charge is -2.27. The van der Waals surface area contributed by atoms with Crippen LogP contribution in [0.4, 0.5) is 10.5 Å². The van der Waals surface area contributed by atoms with Crippen molar-refractivity contribution in [1.82, 2.24) is 4.90 Å². The molecule has 114 valence electrons. The molecule has 2 amide bonds. The Bertz CT molecular complexity index is 556. The minimum atomic E-state index is -1.04. The van der Waals surface area contributed by atoms with Crippen molar-refractivity contribution in [3.05, 3.63) is 27.3 Å². The summed E-state index contributed by atoms with van der Waals surface area (Å²) in [5.41, 5.74) is 0.458. The molecule has 5 nitrogen and oxygen atoms in total. The molecule has 0 aliphatic heterocycles. The molecule has 1 aromatic rings. The lowest BCUT2D eigenvalue weighted by atomic mass is 10.2. The SMILES string of the molecule is CC(C)N(CC1CC1)C(=O)Nc1ccc(I)cc1C(=O)O. The average molecular weight is 402 g/mol. The smallest absolute Gasteiger partial charge is 0.337 e. The zero-order valence-electron chi connectivity index (χ0n) is 12.1. The molecule has 1 aromatic carbocycles. The van der Waals surface area contributed by atoms with Gasteiger partial charge in [0.2, 0.25) is 0 Å². The normalized spacial score (nSPS) is 14.1. The van der Waals surface area contributed by atoms with Gasteiger partial charge >= 0.3 is 12.0 Å². The molecule has 0 saturated heterocycles. The third-order valence-electron chi connectivity index (χ3n) is 3.49. The summed E-state index contributed by atoms with van der Waals surface area (Å²) >= 11 is 2.05. The molecule has 0 aromatic heterocycles. The summed E-state index contributed by atoms with van der Waals surface area (Å²) in [6, 6.07) is 4.82. The highest BCUT2D eigenvalue weighted by Crippen LogP contribution is 2.30. The van der Waals surface area contributed by atoms with Gasteiger partial charge in [-0.3, -0.25) is 0 Å². The van der Waals surface area contributed by atoms with Crippen molar-refractivity contribution in [1.29, 1.82) is 0 Å². The third-order valence-corrected chi connectivity index (χ3v) is 4.16. The van der Waals surface area contributed by atoms with Crippen LogP contribution in [0.25, 0.3) is 0 Å². The second-order valence-corrected chi connectivity index (χ2v) is 6.86. The van der Waals surface area contributed by atoms with Gasteiger partial charge in [0, 0.05) is 16.2 Å². The molecule has 6 heteroatoms. The van der Waals surface area contributed by atoms with Crippen LogP contribution in [0.1, 0.15) is 37.0 Å². The van der Waals surface area contributed by atoms with Crippen LogP contribution in [0.3, 0.4) is 0 Å². The van der Waals surface area contributed by atoms with E-state index in [0.29, 0.717) is 11.6 Å². The second kappa shape index (κ2) is 6.64. The number of benzene rings is 1. The Hall–Kier alpha value is -1.31. The summed E-state index contributed by atoms with van der Waals surface area (Å²) in [6.45, 7) is 4.66. The number of aromatic carboxylic acids is 1. The first-order valence-corrected chi connectivity index (χ1v) is 8.07. The summed E-state index contributed by atoms with van der Waals surface area (Å²) in [4.78, 5) is 25.4. The van der Waals surface area contributed by atoms with E-state index in [1.807, 2.05) is 13.8 Å². The first-order valence-electron chi connectivity index (χ1n) is 6.99. The summed E-state index contributed by atoms with van der Waals surface area (Å²) in [6.07, 6.45) is 2.33. The first kappa shape index (κ1) is 16.1. The van der Waals surface area contributed by atoms with Gasteiger partial charge in [-0.15, -0.1) is 0 Å². The standard InChI is InChI=1S/C15H19IN2O3/c1-9(2)18(8-10-3-4-10)15(21)17-13-6-5-11(16)7-12(13)14(19)20/h5-7,9-10H,3-4,8H2,1-2H3,(H,17,21)(H,19,20). The number of carboxylic acids is 1. The van der Waals surface area contributed by atoms with E-state index in [1.165, 1.54) is 12.8 Å². The van der Waals surface area contributed by atoms with Gasteiger partial charge in [0.1, 0.15) is 0 Å². The van der Waals surface area contributed by atoms with E-state index in [2.05, 4.69) is 27.9 Å². The van der Waals surface area contributed by atoms with Crippen LogP contribution in [-0.4, -0.2) is 34.6 Å². The molecule has 1 fully saturated rings. The van der Waals surface area contributed by atoms with Crippen molar-refractivity contribution in [3.8, 4) is 0 Å². The van der Waals surface area contributed by atoms with Crippen LogP contribution >= 0.6 is 22.6 Å². The molecule has 1 saturated carbocycles. The van der Waals surface area contributed by atoms with Crippen molar-refractivity contribution in [2.45, 2.75) is 32.7 Å². The monoisotopic (exact) mass is 402 g/mol. The molecule has 0 bridgehead atoms. The van der Waals surface area contributed by atoms with Crippen molar-refractivity contribution in [2.75, 3.05) is 11.9 Å². The van der Waals surface area contributed by atoms with Gasteiger partial charge in [-0.1, -0.05) is 0 Å². The molecule has 0 atom stereocenters. The molecule has 2 rings (SSSR count). The van der Waals surface area contributed by atoms with Gasteiger partial charge in [-0.05, 0) is 73.4 Å². The third kappa shape index (κ3) is 4.33. The van der Waals surface area contributed by atoms with Crippen molar-refractivity contribution in [2.24, 2.45) is 5.92 Å². The van der Waals surface area contributed by atoms with E-state index < -0.39 is 5.97 Å². The zero-order valence-corrected chi connectivity index (χ0v) is 14.3. The average Bonchev–Trinajstić information content (AvgIpc) is 3.21. The van der Waals surface area contributed by atoms with Crippen molar-refractivity contribution < 1.29 is 14.7 Å². The molecule has 0 spiro atoms. The van der Waals surface area contributed by atoms with Crippen LogP contribution in [0, 0.1) is 9.49 Å². The predicted molar refractivity (Wildman–Crippen MR) is 89.7 cm³/mol. The Kier molecular flexibility index (Phi) is 5.08. The van der Waals surface area contributed by atoms with Crippen LogP contribution in [0.5, 0.6) is 0 Å². The van der Waals surface area contributed by atoms with Crippen LogP contribution in [0.15, 0.2) is 18.2 Å². The van der Waals surface area contributed by atoms with Crippen molar-refractivity contribution in [3.63, 3.8) is 0 Å². The number of carbonyl (C=O) groups is 2. The highest BCUT2D eigenvalue weighted by atomic mass is 127. The van der Waals surface area contributed by atoms with Crippen LogP contribution < -0.4 is 5.32 Å². The van der Waals surface area contributed by atoms with Gasteiger partial charge in [0.05, 0.1) is 11.3 Å². The summed E-state index contributed by atoms with van der Waals surface area (Å²) < 4.78 is 0.821. The highest BCUT2D eigenvalue weighted by molar-refractivity contribution is 14.1. The van der Waals surface area contributed by atoms with Crippen molar-refractivity contribution >= 4 is 40.3 Å². The fraction of sp³-hybridized carbons (Fsp3) is 0.467. The maximum absolute atomic E-state index is 12.4. The molecule has 1 aliphatic rings. The Morgan fingerprint density at radius 3 is 2.62 bits per heavy atom. The van der Waals surface area contributed by atoms with E-state index in [9.17, 15) is 14.7 Å². The number of hydrogen-bond donors (Lipinski definition) is 2. The number of urea groups is 1. The Labute approximate surface area is 137 Å². The van der Waals surface area contributed by atoms with E-state index in [-0.39, 0.29) is 17.6 Å². The lowest BCUT2D eigenvalue weighted by molar-refractivity contribution is 0.0698. The quantitative estimate of drug-likeness (QED) is 0.739. The highest BCUT2D eigenvalue weighted by Gasteiger charge is 2.28. The molecule has 2 N–H and O–H groups in total. The van der Waals surface area contributed by atoms with Gasteiger partial charge in [0.25, 0.3) is 0 Å². The summed E-state index contributed by atoms with van der Waals surface area (Å²) in [5.74, 6) is -0.448. The maximum Gasteiger partial charge on any atom is 0.337 e. The van der Waals surface area contributed by atoms with Gasteiger partial charge < -0.3 is 15.3 Å². The van der Waals surface area contributed by atoms with Gasteiger partial charge in [0.15, 0.2) is 0 Å². The molecule has 0 heterocycles. The Morgan fingerprint density at radius 2 is 2.10 bits per heavy atom. The van der Waals surface area contributed by atoms with Crippen LogP contribution in [-0.2, 0) is 0 Å². The number of rotatable bonds is 5. The van der Waals surface area contributed by atoms with Gasteiger partial charge in [-0.2, -0.15) is 0 Å². The Morgan fingerprint density at radius 1 is 1.43 bits per heavy atom. The number of carboxylic acid groups (broad SMARTS) is 1. The summed E-state index contributed by atoms with van der Waals surface area (Å²) in [7, 11) is 0. The predicted octanol–water partition coefficient (Wildman–Crippen LogP) is 3.64. The number of nitrogens with one attached hydrogen (secondary N) is 1. The van der Waals surface area contributed by atoms with E-state index >= 15 is 0 Å². The number of carbonyl (C=O) groups excluding carboxylic acids is 1. The largest absolute Gasteiger partial charge is 0.478 e. The maximum atomic E-state index is 12.4. The molecule has 21 heavy (non-hydrogen) atoms. The number of hydrogen-bond acceptors (Lipinski definition) is 2. The van der Waals surface area contributed by atoms with Crippen LogP contribution in [0.2, 0.25) is 0 Å². The number of anilines is 1. The van der Waals surface area contributed by atoms with E-state index in [4.69, 9.17) is 0 Å². The molecular weight excluding hydrogens is 383 g/mol. The molecule has 0 unspecified atom stereocenters. The fourth-order valence-corrected chi connectivity index (χ4v) is 2.59. The first-order chi connectivity index (χ1) is 9.88. The van der Waals surface area contributed by atoms with Gasteiger partial charge in [-0.25, -0.2) is 9.59 Å². The minimum Gasteiger partial charge on any atom is -0.478 e. The lowest BCUT2D eigenvalue weighted by Crippen LogP contribution is -2.41. The fourth-order valence-electron chi connectivity index (χ4n) is 2.10. The topological polar surface area (TPSA) is 69.6 Å². The number of halogens is 1. The van der Waals surface area contributed by atoms with E-state index in [0.717, 1.165) is 10.1 Å². The minimum absolute atomic E-state index is 0.0859. The Balaban J connectivity index is 2.15. The zero-order chi connectivity index (χ0) is 15.6. The summed E-state index contributed by atoms with van der Waals surface area (Å²) in [5, 5.41) is 12.0. The van der Waals surface area contributed by atoms with E-state index in [1.54, 1.807) is 23.1 Å². The second-order valence-electron chi connectivity index (χ2n) is 5.61.